The van der Waals surface area contributed by atoms with E-state index < -0.39 is 50.1 Å². The van der Waals surface area contributed by atoms with Crippen LogP contribution in [0.1, 0.15) is 0 Å². The summed E-state index contributed by atoms with van der Waals surface area (Å²) in [6.07, 6.45) is 0. The van der Waals surface area contributed by atoms with Crippen molar-refractivity contribution in [3.05, 3.63) is 0 Å². The fourth-order valence-corrected chi connectivity index (χ4v) is 1.48. The molecule has 0 amide bonds. The Hall–Kier alpha value is -0.0203. The Morgan fingerprint density at radius 2 is 0.750 bits per heavy atom. The second kappa shape index (κ2) is 19.3. The van der Waals surface area contributed by atoms with E-state index in [2.05, 4.69) is 0 Å². The first kappa shape index (κ1) is 35.2. The Bertz CT molecular complexity index is 330. The first-order valence-electron chi connectivity index (χ1n) is 5.52. The van der Waals surface area contributed by atoms with Crippen LogP contribution in [-0.4, -0.2) is 142 Å². The molecule has 0 saturated carbocycles. The molecule has 0 aliphatic rings. The van der Waals surface area contributed by atoms with Crippen molar-refractivity contribution in [3.8, 4) is 0 Å². The van der Waals surface area contributed by atoms with E-state index in [4.69, 9.17) is 20.4 Å². The maximum absolute atomic E-state index is 10.6. The normalized spacial score (nSPS) is 8.92. The smallest absolute Gasteiger partial charge is 0.480 e. The first-order chi connectivity index (χ1) is 9.20. The van der Waals surface area contributed by atoms with Crippen LogP contribution < -0.4 is 29.6 Å². The number of nitrogens with zero attached hydrogens (tertiary/aromatic N) is 2. The van der Waals surface area contributed by atoms with Crippen molar-refractivity contribution in [2.75, 3.05) is 39.3 Å². The zero-order chi connectivity index (χ0) is 15.7. The number of hydrogen-bond donors (Lipinski definition) is 4. The molecule has 0 atom stereocenters. The molecular weight excluding hydrogens is 371 g/mol. The van der Waals surface area contributed by atoms with Gasteiger partial charge in [0, 0.05) is 13.1 Å². The van der Waals surface area contributed by atoms with Crippen molar-refractivity contribution in [2.45, 2.75) is 0 Å². The van der Waals surface area contributed by atoms with Crippen molar-refractivity contribution < 1.29 is 80.1 Å². The van der Waals surface area contributed by atoms with Gasteiger partial charge in [0.25, 0.3) is 0 Å². The van der Waals surface area contributed by atoms with Crippen LogP contribution >= 0.6 is 0 Å². The predicted octanol–water partition coefficient (Wildman–Crippen LogP) is -7.10. The van der Waals surface area contributed by atoms with Gasteiger partial charge in [0.1, 0.15) is 0 Å². The summed E-state index contributed by atoms with van der Waals surface area (Å²) in [6, 6.07) is 0. The Balaban J connectivity index is -0.000000301. The van der Waals surface area contributed by atoms with E-state index in [1.54, 1.807) is 0 Å². The molecule has 0 aromatic heterocycles. The summed E-state index contributed by atoms with van der Waals surface area (Å²) in [5, 5.41) is 34.5. The van der Waals surface area contributed by atoms with Crippen LogP contribution in [0.15, 0.2) is 0 Å². The molecule has 130 valence electrons. The minimum Gasteiger partial charge on any atom is -0.480 e. The first-order valence-corrected chi connectivity index (χ1v) is 5.52. The van der Waals surface area contributed by atoms with Crippen molar-refractivity contribution in [3.63, 3.8) is 0 Å². The van der Waals surface area contributed by atoms with Crippen LogP contribution in [0.4, 0.5) is 0 Å². The average Bonchev–Trinajstić information content (AvgIpc) is 2.22. The minimum absolute atomic E-state index is 0. The maximum atomic E-state index is 10.6. The van der Waals surface area contributed by atoms with Gasteiger partial charge in [-0.3, -0.25) is 29.0 Å². The summed E-state index contributed by atoms with van der Waals surface area (Å²) in [5.41, 5.74) is 0. The maximum Gasteiger partial charge on any atom is 2.00 e. The monoisotopic (exact) mass is 391 g/mol. The van der Waals surface area contributed by atoms with Crippen LogP contribution in [0.3, 0.4) is 0 Å². The third kappa shape index (κ3) is 22.0. The number of carboxylic acids is 4. The molecule has 0 aliphatic carbocycles. The predicted molar refractivity (Wildman–Crippen MR) is 76.4 cm³/mol. The Morgan fingerprint density at radius 3 is 0.875 bits per heavy atom. The summed E-state index contributed by atoms with van der Waals surface area (Å²) in [5.74, 6) is -4.91. The van der Waals surface area contributed by atoms with Gasteiger partial charge in [-0.15, -0.1) is 0 Å². The molecule has 0 radical (unpaired) electrons. The molecule has 0 unspecified atom stereocenters. The summed E-state index contributed by atoms with van der Waals surface area (Å²) in [7, 11) is 0. The van der Waals surface area contributed by atoms with Gasteiger partial charge in [-0.25, -0.2) is 0 Å². The van der Waals surface area contributed by atoms with Crippen LogP contribution in [0, 0.1) is 0 Å². The van der Waals surface area contributed by atoms with Crippen molar-refractivity contribution in [1.82, 2.24) is 9.80 Å². The molecule has 0 aliphatic heterocycles. The topological polar surface area (TPSA) is 219 Å². The molecule has 0 rings (SSSR count). The standard InChI is InChI=1S/C10H16N2O8.Ca.Na.2H2O/c13-7(14)3-11(4-8(15)16)1-2-12(5-9(17)18)6-10(19)20;;;;/h1-6H2,(H,13,14)(H,15,16)(H,17,18)(H,19,20);;;2*1H2/q;+2;+1;;. The molecule has 0 fully saturated rings. The molecule has 0 aromatic rings. The molecule has 14 heteroatoms. The van der Waals surface area contributed by atoms with E-state index in [1.165, 1.54) is 0 Å². The Labute approximate surface area is 189 Å². The molecule has 8 N–H and O–H groups in total. The molecule has 0 saturated heterocycles. The van der Waals surface area contributed by atoms with E-state index in [0.29, 0.717) is 0 Å². The molecule has 24 heavy (non-hydrogen) atoms. The number of carboxylic acid groups (broad SMARTS) is 4. The second-order valence-electron chi connectivity index (χ2n) is 4.00. The molecular formula is C10H20CaN2NaO10+3. The number of carbonyl (C=O) groups is 4. The van der Waals surface area contributed by atoms with Crippen molar-refractivity contribution >= 4 is 61.6 Å². The number of aliphatic carboxylic acids is 4. The number of rotatable bonds is 11. The van der Waals surface area contributed by atoms with E-state index in [0.717, 1.165) is 9.80 Å². The fourth-order valence-electron chi connectivity index (χ4n) is 1.48. The fraction of sp³-hybridized carbons (Fsp3) is 0.600. The zero-order valence-corrected chi connectivity index (χ0v) is 17.5. The van der Waals surface area contributed by atoms with Gasteiger partial charge < -0.3 is 31.4 Å². The quantitative estimate of drug-likeness (QED) is 0.244. The van der Waals surface area contributed by atoms with Gasteiger partial charge >= 0.3 is 91.2 Å². The van der Waals surface area contributed by atoms with Gasteiger partial charge in [-0.05, 0) is 0 Å². The van der Waals surface area contributed by atoms with Crippen LogP contribution in [-0.2, 0) is 19.2 Å². The average molecular weight is 391 g/mol. The van der Waals surface area contributed by atoms with E-state index in [9.17, 15) is 19.2 Å². The minimum atomic E-state index is -1.23. The molecule has 0 heterocycles. The number of hydrogen-bond acceptors (Lipinski definition) is 6. The van der Waals surface area contributed by atoms with Crippen molar-refractivity contribution in [2.24, 2.45) is 0 Å². The van der Waals surface area contributed by atoms with Crippen LogP contribution in [0.25, 0.3) is 0 Å². The molecule has 0 bridgehead atoms. The van der Waals surface area contributed by atoms with Gasteiger partial charge in [0.2, 0.25) is 0 Å². The molecule has 0 aromatic carbocycles. The Morgan fingerprint density at radius 1 is 0.583 bits per heavy atom. The summed E-state index contributed by atoms with van der Waals surface area (Å²) in [6.45, 7) is -2.25. The SMILES string of the molecule is O.O.O=C(O)CN(CCN(CC(=O)O)CC(=O)O)CC(=O)O.[Ca+2].[Na+]. The van der Waals surface area contributed by atoms with Crippen LogP contribution in [0.5, 0.6) is 0 Å². The summed E-state index contributed by atoms with van der Waals surface area (Å²) >= 11 is 0. The van der Waals surface area contributed by atoms with Gasteiger partial charge in [-0.2, -0.15) is 0 Å². The molecule has 12 nitrogen and oxygen atoms in total. The third-order valence-corrected chi connectivity index (χ3v) is 2.17. The summed E-state index contributed by atoms with van der Waals surface area (Å²) in [4.78, 5) is 44.4. The van der Waals surface area contributed by atoms with Crippen molar-refractivity contribution in [1.29, 1.82) is 0 Å². The molecule has 0 spiro atoms. The largest absolute Gasteiger partial charge is 2.00 e. The van der Waals surface area contributed by atoms with E-state index in [-0.39, 0.29) is 91.3 Å². The van der Waals surface area contributed by atoms with E-state index in [1.807, 2.05) is 0 Å². The Kier molecular flexibility index (Phi) is 28.3. The van der Waals surface area contributed by atoms with Gasteiger partial charge in [0.15, 0.2) is 0 Å². The third-order valence-electron chi connectivity index (χ3n) is 2.17. The second-order valence-corrected chi connectivity index (χ2v) is 4.00. The van der Waals surface area contributed by atoms with Crippen LogP contribution in [0.2, 0.25) is 0 Å². The zero-order valence-electron chi connectivity index (χ0n) is 13.3. The van der Waals surface area contributed by atoms with E-state index >= 15 is 0 Å². The summed E-state index contributed by atoms with van der Waals surface area (Å²) < 4.78 is 0. The van der Waals surface area contributed by atoms with Gasteiger partial charge in [0.05, 0.1) is 26.2 Å². The van der Waals surface area contributed by atoms with Gasteiger partial charge in [-0.1, -0.05) is 0 Å².